The van der Waals surface area contributed by atoms with E-state index in [0.29, 0.717) is 24.7 Å². The van der Waals surface area contributed by atoms with E-state index in [-0.39, 0.29) is 12.6 Å². The third-order valence-corrected chi connectivity index (χ3v) is 4.09. The summed E-state index contributed by atoms with van der Waals surface area (Å²) in [5.41, 5.74) is 1.84. The summed E-state index contributed by atoms with van der Waals surface area (Å²) >= 11 is 0. The Labute approximate surface area is 162 Å². The van der Waals surface area contributed by atoms with Gasteiger partial charge in [0.15, 0.2) is 0 Å². The van der Waals surface area contributed by atoms with E-state index >= 15 is 0 Å². The van der Waals surface area contributed by atoms with Gasteiger partial charge in [-0.2, -0.15) is 4.98 Å². The number of carbonyl (C=O) groups is 1. The van der Waals surface area contributed by atoms with Crippen LogP contribution in [-0.2, 0) is 13.0 Å². The molecule has 0 spiro atoms. The number of methoxy groups -OCH3 is 2. The molecule has 0 radical (unpaired) electrons. The van der Waals surface area contributed by atoms with Crippen LogP contribution in [-0.4, -0.2) is 36.9 Å². The number of nitrogens with zero attached hydrogens (tertiary/aromatic N) is 2. The predicted octanol–water partition coefficient (Wildman–Crippen LogP) is 2.80. The fourth-order valence-electron chi connectivity index (χ4n) is 2.62. The van der Waals surface area contributed by atoms with Crippen LogP contribution < -0.4 is 20.1 Å². The van der Waals surface area contributed by atoms with Crippen molar-refractivity contribution < 1.29 is 18.8 Å². The van der Waals surface area contributed by atoms with E-state index < -0.39 is 0 Å². The molecule has 0 saturated heterocycles. The van der Waals surface area contributed by atoms with Gasteiger partial charge in [-0.25, -0.2) is 4.79 Å². The summed E-state index contributed by atoms with van der Waals surface area (Å²) in [5.74, 6) is 2.34. The fraction of sp³-hybridized carbons (Fsp3) is 0.250. The Morgan fingerprint density at radius 3 is 2.57 bits per heavy atom. The minimum atomic E-state index is -0.306. The smallest absolute Gasteiger partial charge is 0.315 e. The molecular formula is C20H22N4O4. The van der Waals surface area contributed by atoms with Gasteiger partial charge in [-0.15, -0.1) is 0 Å². The molecule has 0 unspecified atom stereocenters. The second-order valence-corrected chi connectivity index (χ2v) is 5.91. The average molecular weight is 382 g/mol. The molecule has 0 saturated carbocycles. The van der Waals surface area contributed by atoms with Gasteiger partial charge in [0, 0.05) is 12.1 Å². The number of nitrogens with one attached hydrogen (secondary N) is 2. The van der Waals surface area contributed by atoms with E-state index in [0.717, 1.165) is 22.6 Å². The van der Waals surface area contributed by atoms with Crippen molar-refractivity contribution in [2.24, 2.45) is 0 Å². The molecule has 0 bridgehead atoms. The first kappa shape index (κ1) is 19.2. The molecule has 0 aliphatic carbocycles. The molecule has 28 heavy (non-hydrogen) atoms. The highest BCUT2D eigenvalue weighted by Gasteiger charge is 2.10. The zero-order valence-electron chi connectivity index (χ0n) is 15.8. The minimum Gasteiger partial charge on any atom is -0.497 e. The lowest BCUT2D eigenvalue weighted by Crippen LogP contribution is -2.36. The van der Waals surface area contributed by atoms with Crippen LogP contribution in [0.25, 0.3) is 11.4 Å². The second-order valence-electron chi connectivity index (χ2n) is 5.91. The molecule has 3 rings (SSSR count). The lowest BCUT2D eigenvalue weighted by atomic mass is 10.1. The molecule has 146 valence electrons. The highest BCUT2D eigenvalue weighted by atomic mass is 16.5. The van der Waals surface area contributed by atoms with Crippen LogP contribution >= 0.6 is 0 Å². The van der Waals surface area contributed by atoms with Gasteiger partial charge < -0.3 is 24.6 Å². The molecule has 8 heteroatoms. The van der Waals surface area contributed by atoms with Gasteiger partial charge in [0.25, 0.3) is 0 Å². The maximum Gasteiger partial charge on any atom is 0.315 e. The Kier molecular flexibility index (Phi) is 6.46. The topological polar surface area (TPSA) is 98.5 Å². The van der Waals surface area contributed by atoms with E-state index in [1.165, 1.54) is 0 Å². The fourth-order valence-corrected chi connectivity index (χ4v) is 2.62. The molecule has 2 amide bonds. The summed E-state index contributed by atoms with van der Waals surface area (Å²) < 4.78 is 15.6. The molecule has 1 heterocycles. The number of amides is 2. The Morgan fingerprint density at radius 2 is 1.82 bits per heavy atom. The van der Waals surface area contributed by atoms with E-state index in [2.05, 4.69) is 20.8 Å². The summed E-state index contributed by atoms with van der Waals surface area (Å²) in [5, 5.41) is 9.42. The lowest BCUT2D eigenvalue weighted by Gasteiger charge is -2.09. The van der Waals surface area contributed by atoms with Crippen molar-refractivity contribution in [3.63, 3.8) is 0 Å². The van der Waals surface area contributed by atoms with E-state index in [9.17, 15) is 4.79 Å². The van der Waals surface area contributed by atoms with Crippen LogP contribution in [0, 0.1) is 0 Å². The summed E-state index contributed by atoms with van der Waals surface area (Å²) in [6, 6.07) is 14.7. The van der Waals surface area contributed by atoms with Gasteiger partial charge in [0.05, 0.1) is 20.8 Å². The van der Waals surface area contributed by atoms with Gasteiger partial charge >= 0.3 is 6.03 Å². The third kappa shape index (κ3) is 5.00. The number of aromatic nitrogens is 2. The van der Waals surface area contributed by atoms with Crippen LogP contribution in [0.5, 0.6) is 11.5 Å². The Morgan fingerprint density at radius 1 is 1.04 bits per heavy atom. The third-order valence-electron chi connectivity index (χ3n) is 4.09. The first-order valence-electron chi connectivity index (χ1n) is 8.80. The summed E-state index contributed by atoms with van der Waals surface area (Å²) in [7, 11) is 3.23. The summed E-state index contributed by atoms with van der Waals surface area (Å²) in [6.07, 6.45) is 0.666. The normalized spacial score (nSPS) is 10.4. The predicted molar refractivity (Wildman–Crippen MR) is 103 cm³/mol. The number of ether oxygens (including phenoxy) is 2. The lowest BCUT2D eigenvalue weighted by molar-refractivity contribution is 0.238. The van der Waals surface area contributed by atoms with Crippen molar-refractivity contribution in [2.75, 3.05) is 20.8 Å². The number of urea groups is 1. The number of rotatable bonds is 8. The van der Waals surface area contributed by atoms with Crippen LogP contribution in [0.3, 0.4) is 0 Å². The molecule has 0 aliphatic rings. The van der Waals surface area contributed by atoms with Gasteiger partial charge in [0.2, 0.25) is 11.7 Å². The van der Waals surface area contributed by atoms with Gasteiger partial charge in [-0.05, 0) is 42.3 Å². The van der Waals surface area contributed by atoms with Crippen LogP contribution in [0.2, 0.25) is 0 Å². The highest BCUT2D eigenvalue weighted by Crippen LogP contribution is 2.19. The Balaban J connectivity index is 1.45. The van der Waals surface area contributed by atoms with Crippen molar-refractivity contribution in [1.82, 2.24) is 20.8 Å². The number of para-hydroxylation sites is 1. The summed E-state index contributed by atoms with van der Waals surface area (Å²) in [6.45, 7) is 0.622. The average Bonchev–Trinajstić information content (AvgIpc) is 3.22. The maximum absolute atomic E-state index is 12.0. The second kappa shape index (κ2) is 9.40. The Bertz CT molecular complexity index is 909. The largest absolute Gasteiger partial charge is 0.497 e. The number of hydrogen-bond donors (Lipinski definition) is 2. The molecule has 1 aromatic heterocycles. The van der Waals surface area contributed by atoms with Crippen molar-refractivity contribution in [3.8, 4) is 22.9 Å². The monoisotopic (exact) mass is 382 g/mol. The SMILES string of the molecule is COc1ccc(-c2noc(CNC(=O)NCCc3ccccc3OC)n2)cc1. The van der Waals surface area contributed by atoms with E-state index in [1.54, 1.807) is 14.2 Å². The zero-order valence-corrected chi connectivity index (χ0v) is 15.8. The maximum atomic E-state index is 12.0. The van der Waals surface area contributed by atoms with Gasteiger partial charge in [-0.3, -0.25) is 0 Å². The number of carbonyl (C=O) groups excluding carboxylic acids is 1. The van der Waals surface area contributed by atoms with Crippen LogP contribution in [0.15, 0.2) is 53.1 Å². The standard InChI is InChI=1S/C20H22N4O4/c1-26-16-9-7-15(8-10-16)19-23-18(28-24-19)13-22-20(25)21-12-11-14-5-3-4-6-17(14)27-2/h3-10H,11-13H2,1-2H3,(H2,21,22,25). The molecule has 2 aromatic carbocycles. The van der Waals surface area contributed by atoms with Gasteiger partial charge in [-0.1, -0.05) is 23.4 Å². The zero-order chi connectivity index (χ0) is 19.8. The van der Waals surface area contributed by atoms with Gasteiger partial charge in [0.1, 0.15) is 11.5 Å². The molecule has 3 aromatic rings. The van der Waals surface area contributed by atoms with Crippen LogP contribution in [0.4, 0.5) is 4.79 Å². The molecular weight excluding hydrogens is 360 g/mol. The quantitative estimate of drug-likeness (QED) is 0.622. The molecule has 0 aliphatic heterocycles. The number of hydrogen-bond acceptors (Lipinski definition) is 6. The van der Waals surface area contributed by atoms with E-state index in [4.69, 9.17) is 14.0 Å². The van der Waals surface area contributed by atoms with Crippen molar-refractivity contribution >= 4 is 6.03 Å². The number of benzene rings is 2. The molecule has 0 atom stereocenters. The Hall–Kier alpha value is -3.55. The van der Waals surface area contributed by atoms with Crippen LogP contribution in [0.1, 0.15) is 11.5 Å². The van der Waals surface area contributed by atoms with Crippen molar-refractivity contribution in [2.45, 2.75) is 13.0 Å². The van der Waals surface area contributed by atoms with Crippen molar-refractivity contribution in [3.05, 3.63) is 60.0 Å². The molecule has 8 nitrogen and oxygen atoms in total. The first-order chi connectivity index (χ1) is 13.7. The highest BCUT2D eigenvalue weighted by molar-refractivity contribution is 5.73. The first-order valence-corrected chi connectivity index (χ1v) is 8.80. The van der Waals surface area contributed by atoms with Crippen molar-refractivity contribution in [1.29, 1.82) is 0 Å². The molecule has 0 fully saturated rings. The molecule has 2 N–H and O–H groups in total. The summed E-state index contributed by atoms with van der Waals surface area (Å²) in [4.78, 5) is 16.2. The minimum absolute atomic E-state index is 0.143. The van der Waals surface area contributed by atoms with E-state index in [1.807, 2.05) is 48.5 Å².